The summed E-state index contributed by atoms with van der Waals surface area (Å²) < 4.78 is 5.94. The molecule has 2 atom stereocenters. The van der Waals surface area contributed by atoms with Crippen LogP contribution in [0.4, 0.5) is 0 Å². The van der Waals surface area contributed by atoms with Crippen LogP contribution in [0.15, 0.2) is 34.7 Å². The summed E-state index contributed by atoms with van der Waals surface area (Å²) in [6.45, 7) is 9.07. The molecule has 20 heavy (non-hydrogen) atoms. The van der Waals surface area contributed by atoms with Crippen LogP contribution in [0.25, 0.3) is 11.0 Å². The first-order valence-electron chi connectivity index (χ1n) is 7.62. The van der Waals surface area contributed by atoms with Crippen LogP contribution in [0.1, 0.15) is 39.0 Å². The molecule has 0 aliphatic carbocycles. The number of benzene rings is 1. The van der Waals surface area contributed by atoms with Crippen molar-refractivity contribution in [3.05, 3.63) is 36.1 Å². The molecule has 1 saturated heterocycles. The fourth-order valence-electron chi connectivity index (χ4n) is 3.04. The van der Waals surface area contributed by atoms with E-state index in [1.807, 2.05) is 12.1 Å². The molecule has 0 saturated carbocycles. The molecule has 1 fully saturated rings. The fourth-order valence-corrected chi connectivity index (χ4v) is 3.04. The van der Waals surface area contributed by atoms with E-state index < -0.39 is 0 Å². The van der Waals surface area contributed by atoms with Gasteiger partial charge in [0.1, 0.15) is 11.3 Å². The number of nitrogens with zero attached hydrogens (tertiary/aromatic N) is 1. The van der Waals surface area contributed by atoms with Gasteiger partial charge in [-0.05, 0) is 45.9 Å². The standard InChI is InChI=1S/C17H24N2O/c1-12(2)19-9-8-15(11-19)18-13(3)17-10-14-6-4-5-7-16(14)20-17/h4-7,10,12-13,15,18H,8-9,11H2,1-3H3. The molecule has 2 heterocycles. The van der Waals surface area contributed by atoms with Gasteiger partial charge in [-0.25, -0.2) is 0 Å². The van der Waals surface area contributed by atoms with E-state index in [0.29, 0.717) is 12.1 Å². The van der Waals surface area contributed by atoms with Gasteiger partial charge in [0.15, 0.2) is 0 Å². The molecular formula is C17H24N2O. The number of para-hydroxylation sites is 1. The first-order chi connectivity index (χ1) is 9.63. The molecule has 1 N–H and O–H groups in total. The van der Waals surface area contributed by atoms with Crippen molar-refractivity contribution in [3.63, 3.8) is 0 Å². The number of furan rings is 1. The lowest BCUT2D eigenvalue weighted by atomic mass is 10.2. The van der Waals surface area contributed by atoms with Gasteiger partial charge >= 0.3 is 0 Å². The van der Waals surface area contributed by atoms with E-state index >= 15 is 0 Å². The zero-order chi connectivity index (χ0) is 14.1. The molecule has 2 aromatic rings. The summed E-state index contributed by atoms with van der Waals surface area (Å²) in [6.07, 6.45) is 1.22. The third-order valence-electron chi connectivity index (χ3n) is 4.31. The zero-order valence-corrected chi connectivity index (χ0v) is 12.6. The Labute approximate surface area is 120 Å². The second-order valence-corrected chi connectivity index (χ2v) is 6.15. The van der Waals surface area contributed by atoms with Crippen molar-refractivity contribution in [2.45, 2.75) is 45.3 Å². The third kappa shape index (κ3) is 2.74. The Balaban J connectivity index is 1.66. The minimum Gasteiger partial charge on any atom is -0.459 e. The van der Waals surface area contributed by atoms with Crippen LogP contribution in [-0.2, 0) is 0 Å². The van der Waals surface area contributed by atoms with Crippen LogP contribution >= 0.6 is 0 Å². The van der Waals surface area contributed by atoms with Gasteiger partial charge in [0.25, 0.3) is 0 Å². The lowest BCUT2D eigenvalue weighted by Gasteiger charge is -2.22. The van der Waals surface area contributed by atoms with Gasteiger partial charge in [-0.2, -0.15) is 0 Å². The predicted molar refractivity (Wildman–Crippen MR) is 82.9 cm³/mol. The largest absolute Gasteiger partial charge is 0.459 e. The molecule has 0 spiro atoms. The number of nitrogens with one attached hydrogen (secondary N) is 1. The van der Waals surface area contributed by atoms with Crippen LogP contribution < -0.4 is 5.32 Å². The number of hydrogen-bond acceptors (Lipinski definition) is 3. The maximum atomic E-state index is 5.94. The summed E-state index contributed by atoms with van der Waals surface area (Å²) in [6, 6.07) is 11.8. The number of likely N-dealkylation sites (tertiary alicyclic amines) is 1. The average Bonchev–Trinajstić information content (AvgIpc) is 3.04. The second-order valence-electron chi connectivity index (χ2n) is 6.15. The Morgan fingerprint density at radius 2 is 2.05 bits per heavy atom. The molecule has 0 amide bonds. The van der Waals surface area contributed by atoms with Gasteiger partial charge in [0.2, 0.25) is 0 Å². The smallest absolute Gasteiger partial charge is 0.134 e. The fraction of sp³-hybridized carbons (Fsp3) is 0.529. The van der Waals surface area contributed by atoms with Crippen molar-refractivity contribution in [2.75, 3.05) is 13.1 Å². The van der Waals surface area contributed by atoms with E-state index in [2.05, 4.69) is 49.2 Å². The highest BCUT2D eigenvalue weighted by atomic mass is 16.3. The zero-order valence-electron chi connectivity index (χ0n) is 12.6. The van der Waals surface area contributed by atoms with Gasteiger partial charge in [0.05, 0.1) is 6.04 Å². The summed E-state index contributed by atoms with van der Waals surface area (Å²) in [5.41, 5.74) is 0.978. The van der Waals surface area contributed by atoms with Crippen molar-refractivity contribution in [1.82, 2.24) is 10.2 Å². The van der Waals surface area contributed by atoms with Crippen LogP contribution in [0.2, 0.25) is 0 Å². The van der Waals surface area contributed by atoms with Crippen LogP contribution in [-0.4, -0.2) is 30.1 Å². The maximum absolute atomic E-state index is 5.94. The first-order valence-corrected chi connectivity index (χ1v) is 7.62. The maximum Gasteiger partial charge on any atom is 0.134 e. The molecule has 1 aliphatic heterocycles. The highest BCUT2D eigenvalue weighted by Crippen LogP contribution is 2.25. The van der Waals surface area contributed by atoms with E-state index in [-0.39, 0.29) is 6.04 Å². The van der Waals surface area contributed by atoms with Crippen LogP contribution in [0.3, 0.4) is 0 Å². The monoisotopic (exact) mass is 272 g/mol. The number of fused-ring (bicyclic) bond motifs is 1. The minimum atomic E-state index is 0.263. The predicted octanol–water partition coefficient (Wildman–Crippen LogP) is 3.57. The molecule has 3 heteroatoms. The summed E-state index contributed by atoms with van der Waals surface area (Å²) in [5.74, 6) is 1.04. The summed E-state index contributed by atoms with van der Waals surface area (Å²) in [5, 5.41) is 4.89. The first kappa shape index (κ1) is 13.7. The Hall–Kier alpha value is -1.32. The Morgan fingerprint density at radius 3 is 2.75 bits per heavy atom. The summed E-state index contributed by atoms with van der Waals surface area (Å²) in [4.78, 5) is 2.53. The summed E-state index contributed by atoms with van der Waals surface area (Å²) >= 11 is 0. The topological polar surface area (TPSA) is 28.4 Å². The van der Waals surface area contributed by atoms with E-state index in [9.17, 15) is 0 Å². The molecule has 1 aromatic heterocycles. The van der Waals surface area contributed by atoms with Crippen LogP contribution in [0.5, 0.6) is 0 Å². The second kappa shape index (κ2) is 5.58. The van der Waals surface area contributed by atoms with E-state index in [1.165, 1.54) is 18.4 Å². The van der Waals surface area contributed by atoms with Crippen molar-refractivity contribution in [3.8, 4) is 0 Å². The van der Waals surface area contributed by atoms with Gasteiger partial charge in [-0.3, -0.25) is 4.90 Å². The molecule has 108 valence electrons. The molecule has 0 radical (unpaired) electrons. The molecule has 2 unspecified atom stereocenters. The minimum absolute atomic E-state index is 0.263. The van der Waals surface area contributed by atoms with Gasteiger partial charge in [0, 0.05) is 24.0 Å². The third-order valence-corrected chi connectivity index (χ3v) is 4.31. The SMILES string of the molecule is CC(NC1CCN(C(C)C)C1)c1cc2ccccc2o1. The van der Waals surface area contributed by atoms with Crippen molar-refractivity contribution in [1.29, 1.82) is 0 Å². The molecule has 3 rings (SSSR count). The van der Waals surface area contributed by atoms with Crippen molar-refractivity contribution < 1.29 is 4.42 Å². The molecule has 3 nitrogen and oxygen atoms in total. The van der Waals surface area contributed by atoms with Crippen molar-refractivity contribution in [2.24, 2.45) is 0 Å². The van der Waals surface area contributed by atoms with E-state index in [1.54, 1.807) is 0 Å². The van der Waals surface area contributed by atoms with Gasteiger partial charge in [-0.15, -0.1) is 0 Å². The van der Waals surface area contributed by atoms with Gasteiger partial charge in [-0.1, -0.05) is 18.2 Å². The van der Waals surface area contributed by atoms with Crippen molar-refractivity contribution >= 4 is 11.0 Å². The normalized spacial score (nSPS) is 21.9. The van der Waals surface area contributed by atoms with E-state index in [4.69, 9.17) is 4.42 Å². The van der Waals surface area contributed by atoms with E-state index in [0.717, 1.165) is 17.9 Å². The lowest BCUT2D eigenvalue weighted by Crippen LogP contribution is -2.36. The number of rotatable bonds is 4. The average molecular weight is 272 g/mol. The Bertz CT molecular complexity index is 542. The highest BCUT2D eigenvalue weighted by molar-refractivity contribution is 5.77. The summed E-state index contributed by atoms with van der Waals surface area (Å²) in [7, 11) is 0. The lowest BCUT2D eigenvalue weighted by molar-refractivity contribution is 0.264. The number of hydrogen-bond donors (Lipinski definition) is 1. The highest BCUT2D eigenvalue weighted by Gasteiger charge is 2.26. The quantitative estimate of drug-likeness (QED) is 0.922. The van der Waals surface area contributed by atoms with Gasteiger partial charge < -0.3 is 9.73 Å². The molecule has 1 aliphatic rings. The Morgan fingerprint density at radius 1 is 1.25 bits per heavy atom. The molecule has 0 bridgehead atoms. The molecular weight excluding hydrogens is 248 g/mol. The van der Waals surface area contributed by atoms with Crippen LogP contribution in [0, 0.1) is 0 Å². The Kier molecular flexibility index (Phi) is 3.81. The molecule has 1 aromatic carbocycles.